The summed E-state index contributed by atoms with van der Waals surface area (Å²) in [6, 6.07) is 8.97. The van der Waals surface area contributed by atoms with E-state index in [0.717, 1.165) is 4.88 Å². The Hall–Kier alpha value is -1.92. The zero-order valence-corrected chi connectivity index (χ0v) is 14.0. The Kier molecular flexibility index (Phi) is 4.93. The molecule has 7 heteroatoms. The molecule has 3 heterocycles. The van der Waals surface area contributed by atoms with E-state index in [-0.39, 0.29) is 11.8 Å². The number of hydrogen-bond acceptors (Lipinski definition) is 4. The van der Waals surface area contributed by atoms with Gasteiger partial charge >= 0.3 is 0 Å². The molecule has 0 saturated carbocycles. The van der Waals surface area contributed by atoms with Crippen molar-refractivity contribution in [1.29, 1.82) is 0 Å². The van der Waals surface area contributed by atoms with Gasteiger partial charge in [0.25, 0.3) is 5.91 Å². The first-order valence-electron chi connectivity index (χ1n) is 7.36. The minimum atomic E-state index is -0.0808. The van der Waals surface area contributed by atoms with Crippen molar-refractivity contribution in [2.24, 2.45) is 0 Å². The zero-order valence-electron chi connectivity index (χ0n) is 12.4. The number of halogens is 1. The fraction of sp³-hybridized carbons (Fsp3) is 0.312. The van der Waals surface area contributed by atoms with Crippen LogP contribution in [0.4, 0.5) is 0 Å². The number of rotatable bonds is 3. The monoisotopic (exact) mass is 349 g/mol. The Morgan fingerprint density at radius 1 is 1.09 bits per heavy atom. The Balaban J connectivity index is 1.54. The summed E-state index contributed by atoms with van der Waals surface area (Å²) in [4.78, 5) is 33.2. The highest BCUT2D eigenvalue weighted by atomic mass is 35.5. The Bertz CT molecular complexity index is 696. The summed E-state index contributed by atoms with van der Waals surface area (Å²) in [5, 5.41) is 0. The average Bonchev–Trinajstić information content (AvgIpc) is 3.00. The van der Waals surface area contributed by atoms with Crippen molar-refractivity contribution in [3.8, 4) is 0 Å². The van der Waals surface area contributed by atoms with E-state index in [2.05, 4.69) is 4.98 Å². The van der Waals surface area contributed by atoms with E-state index in [1.165, 1.54) is 11.3 Å². The molecule has 0 spiro atoms. The highest BCUT2D eigenvalue weighted by Crippen LogP contribution is 2.22. The first-order chi connectivity index (χ1) is 11.1. The summed E-state index contributed by atoms with van der Waals surface area (Å²) < 4.78 is 0.693. The molecule has 0 N–H and O–H groups in total. The Morgan fingerprint density at radius 3 is 2.43 bits per heavy atom. The lowest BCUT2D eigenvalue weighted by Crippen LogP contribution is -2.51. The zero-order chi connectivity index (χ0) is 16.2. The second-order valence-electron chi connectivity index (χ2n) is 5.27. The fourth-order valence-electron chi connectivity index (χ4n) is 2.52. The van der Waals surface area contributed by atoms with Gasteiger partial charge in [-0.15, -0.1) is 11.3 Å². The van der Waals surface area contributed by atoms with Crippen LogP contribution < -0.4 is 0 Å². The third-order valence-electron chi connectivity index (χ3n) is 3.76. The molecule has 0 unspecified atom stereocenters. The van der Waals surface area contributed by atoms with Crippen LogP contribution in [0.2, 0.25) is 4.34 Å². The van der Waals surface area contributed by atoms with Crippen LogP contribution in [-0.2, 0) is 11.2 Å². The number of carbonyl (C=O) groups is 2. The lowest BCUT2D eigenvalue weighted by atomic mass is 10.2. The minimum Gasteiger partial charge on any atom is -0.339 e. The van der Waals surface area contributed by atoms with Gasteiger partial charge in [0, 0.05) is 37.3 Å². The molecule has 0 bridgehead atoms. The number of carbonyl (C=O) groups excluding carboxylic acids is 2. The summed E-state index contributed by atoms with van der Waals surface area (Å²) in [7, 11) is 0. The summed E-state index contributed by atoms with van der Waals surface area (Å²) in [6.45, 7) is 2.17. The largest absolute Gasteiger partial charge is 0.339 e. The summed E-state index contributed by atoms with van der Waals surface area (Å²) in [5.41, 5.74) is 0.445. The number of hydrogen-bond donors (Lipinski definition) is 0. The van der Waals surface area contributed by atoms with Crippen molar-refractivity contribution >= 4 is 34.8 Å². The van der Waals surface area contributed by atoms with E-state index >= 15 is 0 Å². The molecule has 23 heavy (non-hydrogen) atoms. The van der Waals surface area contributed by atoms with Crippen molar-refractivity contribution in [2.75, 3.05) is 26.2 Å². The number of amides is 2. The van der Waals surface area contributed by atoms with E-state index in [0.29, 0.717) is 42.6 Å². The van der Waals surface area contributed by atoms with Gasteiger partial charge in [-0.25, -0.2) is 0 Å². The van der Waals surface area contributed by atoms with Crippen molar-refractivity contribution < 1.29 is 9.59 Å². The molecular formula is C16H16ClN3O2S. The predicted octanol–water partition coefficient (Wildman–Crippen LogP) is 2.32. The van der Waals surface area contributed by atoms with E-state index in [9.17, 15) is 9.59 Å². The summed E-state index contributed by atoms with van der Waals surface area (Å²) in [5.74, 6) is -0.00353. The van der Waals surface area contributed by atoms with Gasteiger partial charge in [0.1, 0.15) is 5.69 Å². The molecule has 2 aromatic rings. The molecule has 0 aliphatic carbocycles. The highest BCUT2D eigenvalue weighted by Gasteiger charge is 2.25. The lowest BCUT2D eigenvalue weighted by molar-refractivity contribution is -0.131. The van der Waals surface area contributed by atoms with Gasteiger partial charge in [-0.2, -0.15) is 0 Å². The number of nitrogens with zero attached hydrogens (tertiary/aromatic N) is 3. The smallest absolute Gasteiger partial charge is 0.272 e. The predicted molar refractivity (Wildman–Crippen MR) is 89.8 cm³/mol. The summed E-state index contributed by atoms with van der Waals surface area (Å²) >= 11 is 7.31. The number of pyridine rings is 1. The molecule has 2 amide bonds. The molecule has 5 nitrogen and oxygen atoms in total. The fourth-order valence-corrected chi connectivity index (χ4v) is 3.60. The second kappa shape index (κ2) is 7.10. The van der Waals surface area contributed by atoms with Crippen LogP contribution in [0.25, 0.3) is 0 Å². The van der Waals surface area contributed by atoms with Crippen LogP contribution in [-0.4, -0.2) is 52.8 Å². The second-order valence-corrected chi connectivity index (χ2v) is 7.07. The van der Waals surface area contributed by atoms with Gasteiger partial charge in [-0.05, 0) is 24.3 Å². The topological polar surface area (TPSA) is 53.5 Å². The van der Waals surface area contributed by atoms with E-state index in [1.54, 1.807) is 40.3 Å². The van der Waals surface area contributed by atoms with Gasteiger partial charge in [0.05, 0.1) is 10.8 Å². The van der Waals surface area contributed by atoms with E-state index in [1.807, 2.05) is 6.07 Å². The van der Waals surface area contributed by atoms with Crippen molar-refractivity contribution in [2.45, 2.75) is 6.42 Å². The van der Waals surface area contributed by atoms with Gasteiger partial charge in [-0.1, -0.05) is 17.7 Å². The molecule has 120 valence electrons. The van der Waals surface area contributed by atoms with Crippen molar-refractivity contribution in [3.63, 3.8) is 0 Å². The Labute approximate surface area is 143 Å². The quantitative estimate of drug-likeness (QED) is 0.854. The SMILES string of the molecule is O=C(Cc1ccc(Cl)s1)N1CCN(C(=O)c2ccccn2)CC1. The van der Waals surface area contributed by atoms with Crippen molar-refractivity contribution in [1.82, 2.24) is 14.8 Å². The van der Waals surface area contributed by atoms with Gasteiger partial charge in [0.2, 0.25) is 5.91 Å². The van der Waals surface area contributed by atoms with E-state index in [4.69, 9.17) is 11.6 Å². The maximum absolute atomic E-state index is 12.3. The highest BCUT2D eigenvalue weighted by molar-refractivity contribution is 7.16. The van der Waals surface area contributed by atoms with E-state index < -0.39 is 0 Å². The van der Waals surface area contributed by atoms with Gasteiger partial charge in [0.15, 0.2) is 0 Å². The molecule has 0 aromatic carbocycles. The molecule has 1 saturated heterocycles. The molecular weight excluding hydrogens is 334 g/mol. The number of piperazine rings is 1. The number of aromatic nitrogens is 1. The third-order valence-corrected chi connectivity index (χ3v) is 4.99. The van der Waals surface area contributed by atoms with Gasteiger partial charge < -0.3 is 9.80 Å². The molecule has 1 aliphatic heterocycles. The number of thiophene rings is 1. The Morgan fingerprint density at radius 2 is 1.83 bits per heavy atom. The molecule has 3 rings (SSSR count). The lowest BCUT2D eigenvalue weighted by Gasteiger charge is -2.34. The average molecular weight is 350 g/mol. The van der Waals surface area contributed by atoms with Gasteiger partial charge in [-0.3, -0.25) is 14.6 Å². The van der Waals surface area contributed by atoms with Crippen LogP contribution in [0.1, 0.15) is 15.4 Å². The van der Waals surface area contributed by atoms with Crippen molar-refractivity contribution in [3.05, 3.63) is 51.4 Å². The van der Waals surface area contributed by atoms with Crippen LogP contribution in [0.15, 0.2) is 36.5 Å². The molecule has 1 fully saturated rings. The normalized spacial score (nSPS) is 14.8. The maximum atomic E-state index is 12.3. The van der Waals surface area contributed by atoms with Crippen LogP contribution in [0.5, 0.6) is 0 Å². The molecule has 2 aromatic heterocycles. The van der Waals surface area contributed by atoms with Crippen LogP contribution >= 0.6 is 22.9 Å². The third kappa shape index (κ3) is 3.89. The standard InChI is InChI=1S/C16H16ClN3O2S/c17-14-5-4-12(23-14)11-15(21)19-7-9-20(10-8-19)16(22)13-3-1-2-6-18-13/h1-6H,7-11H2. The first-order valence-corrected chi connectivity index (χ1v) is 8.55. The molecule has 1 aliphatic rings. The summed E-state index contributed by atoms with van der Waals surface area (Å²) in [6.07, 6.45) is 1.98. The van der Waals surface area contributed by atoms with Crippen LogP contribution in [0, 0.1) is 0 Å². The minimum absolute atomic E-state index is 0.0773. The first kappa shape index (κ1) is 16.0. The maximum Gasteiger partial charge on any atom is 0.272 e. The van der Waals surface area contributed by atoms with Crippen LogP contribution in [0.3, 0.4) is 0 Å². The molecule has 0 atom stereocenters. The molecule has 0 radical (unpaired) electrons.